The van der Waals surface area contributed by atoms with Crippen LogP contribution in [0.4, 0.5) is 11.5 Å². The van der Waals surface area contributed by atoms with Gasteiger partial charge in [-0.05, 0) is 54.8 Å². The summed E-state index contributed by atoms with van der Waals surface area (Å²) in [6.45, 7) is 0.709. The highest BCUT2D eigenvalue weighted by molar-refractivity contribution is 8.00. The van der Waals surface area contributed by atoms with Gasteiger partial charge in [-0.1, -0.05) is 36.4 Å². The molecule has 1 fully saturated rings. The molecule has 1 aromatic heterocycles. The fourth-order valence-corrected chi connectivity index (χ4v) is 7.51. The maximum Gasteiger partial charge on any atom is 0.326 e. The van der Waals surface area contributed by atoms with Gasteiger partial charge >= 0.3 is 5.97 Å². The summed E-state index contributed by atoms with van der Waals surface area (Å²) in [5, 5.41) is 18.3. The number of pyridine rings is 1. The molecule has 0 radical (unpaired) electrons. The number of carboxylic acids is 1. The maximum absolute atomic E-state index is 13.1. The Hall–Kier alpha value is -3.94. The van der Waals surface area contributed by atoms with E-state index in [0.29, 0.717) is 30.6 Å². The Morgan fingerprint density at radius 1 is 1.00 bits per heavy atom. The molecule has 4 N–H and O–H groups in total. The van der Waals surface area contributed by atoms with Crippen LogP contribution in [0.15, 0.2) is 83.9 Å². The minimum atomic E-state index is -3.92. The molecule has 2 amide bonds. The first-order chi connectivity index (χ1) is 20.2. The van der Waals surface area contributed by atoms with Crippen LogP contribution in [-0.4, -0.2) is 70.9 Å². The molecule has 0 spiro atoms. The second-order valence-corrected chi connectivity index (χ2v) is 12.6. The molecular weight excluding hydrogens is 578 g/mol. The largest absolute Gasteiger partial charge is 0.480 e. The fourth-order valence-electron chi connectivity index (χ4n) is 4.34. The maximum atomic E-state index is 13.1. The average molecular weight is 612 g/mol. The number of carbonyl (C=O) groups is 3. The number of thioether (sulfide) groups is 1. The summed E-state index contributed by atoms with van der Waals surface area (Å²) in [7, 11) is -3.92. The first kappa shape index (κ1) is 31.0. The molecule has 2 heterocycles. The van der Waals surface area contributed by atoms with Crippen LogP contribution in [-0.2, 0) is 30.8 Å². The molecule has 3 aromatic rings. The van der Waals surface area contributed by atoms with E-state index in [-0.39, 0.29) is 28.9 Å². The van der Waals surface area contributed by atoms with Crippen molar-refractivity contribution in [2.24, 2.45) is 0 Å². The summed E-state index contributed by atoms with van der Waals surface area (Å²) >= 11 is 1.29. The average Bonchev–Trinajstić information content (AvgIpc) is 3.50. The van der Waals surface area contributed by atoms with E-state index in [4.69, 9.17) is 0 Å². The number of aromatic nitrogens is 1. The molecule has 4 rings (SSSR count). The number of hydrogen-bond donors (Lipinski definition) is 4. The van der Waals surface area contributed by atoms with Crippen LogP contribution in [0.1, 0.15) is 24.8 Å². The van der Waals surface area contributed by atoms with Crippen molar-refractivity contribution in [1.82, 2.24) is 14.6 Å². The number of benzene rings is 2. The Morgan fingerprint density at radius 3 is 2.43 bits per heavy atom. The summed E-state index contributed by atoms with van der Waals surface area (Å²) in [6.07, 6.45) is 3.57. The van der Waals surface area contributed by atoms with Crippen molar-refractivity contribution in [2.45, 2.75) is 42.7 Å². The van der Waals surface area contributed by atoms with Crippen LogP contribution in [0.2, 0.25) is 0 Å². The van der Waals surface area contributed by atoms with Gasteiger partial charge in [0.25, 0.3) is 0 Å². The number of anilines is 2. The van der Waals surface area contributed by atoms with E-state index in [9.17, 15) is 27.9 Å². The highest BCUT2D eigenvalue weighted by Gasteiger charge is 2.41. The lowest BCUT2D eigenvalue weighted by atomic mass is 10.0. The molecule has 222 valence electrons. The molecule has 13 heteroatoms. The molecule has 1 saturated heterocycles. The molecule has 0 bridgehead atoms. The lowest BCUT2D eigenvalue weighted by Gasteiger charge is -2.24. The van der Waals surface area contributed by atoms with Gasteiger partial charge in [-0.2, -0.15) is 4.31 Å². The molecule has 1 aliphatic rings. The van der Waals surface area contributed by atoms with Crippen LogP contribution in [0.3, 0.4) is 0 Å². The van der Waals surface area contributed by atoms with Crippen LogP contribution in [0.5, 0.6) is 0 Å². The first-order valence-electron chi connectivity index (χ1n) is 13.5. The second-order valence-electron chi connectivity index (χ2n) is 9.67. The van der Waals surface area contributed by atoms with Gasteiger partial charge in [0.05, 0.1) is 10.8 Å². The number of sulfonamides is 1. The predicted molar refractivity (Wildman–Crippen MR) is 161 cm³/mol. The standard InChI is InChI=1S/C29H33N5O6S2/c35-27(11-5-7-17-31-26-10-4-6-16-30-26)32-22-14-12-21(13-15-22)18-24(29(37)38)33-28(36)25-19-41-20-34(25)42(39,40)23-8-2-1-3-9-23/h1-4,6,8-10,12-16,24-25H,5,7,11,17-20H2,(H,30,31)(H,32,35)(H,33,36)(H,37,38)/t24-,25-/m0/s1. The normalized spacial score (nSPS) is 16.0. The number of hydrogen-bond acceptors (Lipinski definition) is 8. The number of amides is 2. The van der Waals surface area contributed by atoms with Crippen molar-refractivity contribution < 1.29 is 27.9 Å². The monoisotopic (exact) mass is 611 g/mol. The summed E-state index contributed by atoms with van der Waals surface area (Å²) in [4.78, 5) is 41.6. The lowest BCUT2D eigenvalue weighted by Crippen LogP contribution is -2.52. The van der Waals surface area contributed by atoms with Gasteiger partial charge in [-0.15, -0.1) is 11.8 Å². The van der Waals surface area contributed by atoms with Gasteiger partial charge in [-0.3, -0.25) is 9.59 Å². The Balaban J connectivity index is 1.26. The van der Waals surface area contributed by atoms with Crippen LogP contribution in [0, 0.1) is 0 Å². The van der Waals surface area contributed by atoms with E-state index in [1.165, 1.54) is 23.9 Å². The Morgan fingerprint density at radius 2 is 1.74 bits per heavy atom. The van der Waals surface area contributed by atoms with E-state index in [1.807, 2.05) is 18.2 Å². The topological polar surface area (TPSA) is 158 Å². The summed E-state index contributed by atoms with van der Waals surface area (Å²) in [5.41, 5.74) is 1.21. The van der Waals surface area contributed by atoms with E-state index >= 15 is 0 Å². The number of carbonyl (C=O) groups excluding carboxylic acids is 2. The van der Waals surface area contributed by atoms with Crippen molar-refractivity contribution in [1.29, 1.82) is 0 Å². The number of unbranched alkanes of at least 4 members (excludes halogenated alkanes) is 1. The van der Waals surface area contributed by atoms with E-state index in [1.54, 1.807) is 48.7 Å². The molecule has 11 nitrogen and oxygen atoms in total. The number of rotatable bonds is 14. The zero-order valence-corrected chi connectivity index (χ0v) is 24.4. The van der Waals surface area contributed by atoms with E-state index in [2.05, 4.69) is 20.9 Å². The highest BCUT2D eigenvalue weighted by Crippen LogP contribution is 2.28. The van der Waals surface area contributed by atoms with Crippen LogP contribution >= 0.6 is 11.8 Å². The number of aliphatic carboxylic acids is 1. The van der Waals surface area contributed by atoms with Crippen molar-refractivity contribution in [3.8, 4) is 0 Å². The van der Waals surface area contributed by atoms with Crippen LogP contribution < -0.4 is 16.0 Å². The van der Waals surface area contributed by atoms with E-state index in [0.717, 1.165) is 16.5 Å². The Kier molecular flexibility index (Phi) is 10.9. The Bertz CT molecular complexity index is 1460. The second kappa shape index (κ2) is 14.8. The minimum Gasteiger partial charge on any atom is -0.480 e. The summed E-state index contributed by atoms with van der Waals surface area (Å²) in [5.74, 6) is -0.905. The van der Waals surface area contributed by atoms with Gasteiger partial charge in [0.1, 0.15) is 17.9 Å². The summed E-state index contributed by atoms with van der Waals surface area (Å²) in [6, 6.07) is 17.9. The predicted octanol–water partition coefficient (Wildman–Crippen LogP) is 3.18. The molecule has 42 heavy (non-hydrogen) atoms. The van der Waals surface area contributed by atoms with Gasteiger partial charge in [-0.25, -0.2) is 18.2 Å². The van der Waals surface area contributed by atoms with Crippen molar-refractivity contribution in [3.63, 3.8) is 0 Å². The number of nitrogens with one attached hydrogen (secondary N) is 3. The summed E-state index contributed by atoms with van der Waals surface area (Å²) < 4.78 is 27.3. The first-order valence-corrected chi connectivity index (χ1v) is 16.0. The smallest absolute Gasteiger partial charge is 0.326 e. The third kappa shape index (κ3) is 8.54. The highest BCUT2D eigenvalue weighted by atomic mass is 32.2. The van der Waals surface area contributed by atoms with Gasteiger partial charge < -0.3 is 21.1 Å². The van der Waals surface area contributed by atoms with Crippen LogP contribution in [0.25, 0.3) is 0 Å². The lowest BCUT2D eigenvalue weighted by molar-refractivity contribution is -0.142. The molecular formula is C29H33N5O6S2. The third-order valence-corrected chi connectivity index (χ3v) is 9.63. The van der Waals surface area contributed by atoms with Gasteiger partial charge in [0, 0.05) is 37.0 Å². The Labute approximate surface area is 249 Å². The zero-order valence-electron chi connectivity index (χ0n) is 22.8. The van der Waals surface area contributed by atoms with Crippen molar-refractivity contribution in [2.75, 3.05) is 28.8 Å². The zero-order chi connectivity index (χ0) is 30.0. The van der Waals surface area contributed by atoms with E-state index < -0.39 is 34.0 Å². The molecule has 2 atom stereocenters. The third-order valence-electron chi connectivity index (χ3n) is 6.59. The van der Waals surface area contributed by atoms with Crippen molar-refractivity contribution in [3.05, 3.63) is 84.6 Å². The fraction of sp³-hybridized carbons (Fsp3) is 0.310. The minimum absolute atomic E-state index is 0.0101. The molecule has 0 unspecified atom stereocenters. The van der Waals surface area contributed by atoms with Crippen molar-refractivity contribution >= 4 is 51.1 Å². The molecule has 0 aliphatic carbocycles. The van der Waals surface area contributed by atoms with Gasteiger partial charge in [0.2, 0.25) is 21.8 Å². The number of nitrogens with zero attached hydrogens (tertiary/aromatic N) is 2. The van der Waals surface area contributed by atoms with Gasteiger partial charge in [0.15, 0.2) is 0 Å². The molecule has 2 aromatic carbocycles. The molecule has 0 saturated carbocycles. The SMILES string of the molecule is O=C(CCCCNc1ccccn1)Nc1ccc(C[C@H](NC(=O)[C@@H]2CSCN2S(=O)(=O)c2ccccc2)C(=O)O)cc1. The number of carboxylic acid groups (broad SMARTS) is 1. The quantitative estimate of drug-likeness (QED) is 0.201. The molecule has 1 aliphatic heterocycles.